The zero-order valence-electron chi connectivity index (χ0n) is 11.1. The van der Waals surface area contributed by atoms with E-state index in [-0.39, 0.29) is 0 Å². The molecule has 1 heterocycles. The summed E-state index contributed by atoms with van der Waals surface area (Å²) in [4.78, 5) is 0. The molecule has 0 spiro atoms. The number of hydrogen-bond donors (Lipinski definition) is 1. The molecule has 3 atom stereocenters. The maximum Gasteiger partial charge on any atom is 0.142 e. The van der Waals surface area contributed by atoms with Crippen LogP contribution in [0.5, 0.6) is 5.75 Å². The van der Waals surface area contributed by atoms with Crippen LogP contribution in [-0.2, 0) is 0 Å². The van der Waals surface area contributed by atoms with Crippen LogP contribution in [0, 0.1) is 5.92 Å². The van der Waals surface area contributed by atoms with Crippen molar-refractivity contribution in [3.05, 3.63) is 27.7 Å². The summed E-state index contributed by atoms with van der Waals surface area (Å²) in [5, 5.41) is 5.04. The van der Waals surface area contributed by atoms with Gasteiger partial charge in [0.2, 0.25) is 0 Å². The molecule has 2 nitrogen and oxygen atoms in total. The van der Waals surface area contributed by atoms with Gasteiger partial charge in [-0.25, -0.2) is 0 Å². The van der Waals surface area contributed by atoms with Crippen molar-refractivity contribution in [2.24, 2.45) is 5.92 Å². The highest BCUT2D eigenvalue weighted by Gasteiger charge is 2.38. The molecule has 1 aliphatic heterocycles. The third kappa shape index (κ3) is 2.86. The number of rotatable bonds is 4. The molecule has 0 radical (unpaired) electrons. The first kappa shape index (κ1) is 13.5. The van der Waals surface area contributed by atoms with Gasteiger partial charge in [0.25, 0.3) is 0 Å². The van der Waals surface area contributed by atoms with Gasteiger partial charge < -0.3 is 10.1 Å². The van der Waals surface area contributed by atoms with Gasteiger partial charge in [-0.3, -0.25) is 0 Å². The molecule has 3 rings (SSSR count). The van der Waals surface area contributed by atoms with Crippen LogP contribution in [0.2, 0.25) is 10.0 Å². The first-order valence-electron chi connectivity index (χ1n) is 7.06. The topological polar surface area (TPSA) is 21.3 Å². The fourth-order valence-corrected chi connectivity index (χ4v) is 3.56. The Morgan fingerprint density at radius 1 is 1.37 bits per heavy atom. The lowest BCUT2D eigenvalue weighted by Gasteiger charge is -2.28. The van der Waals surface area contributed by atoms with Gasteiger partial charge in [-0.1, -0.05) is 36.5 Å². The summed E-state index contributed by atoms with van der Waals surface area (Å²) in [6.45, 7) is 2.97. The molecule has 3 unspecified atom stereocenters. The molecular formula is C15H19Cl2NO. The SMILES string of the molecule is CCCC1CC1NC1CCOc2c(Cl)cc(Cl)cc21. The first-order chi connectivity index (χ1) is 9.19. The van der Waals surface area contributed by atoms with Crippen molar-refractivity contribution in [3.63, 3.8) is 0 Å². The van der Waals surface area contributed by atoms with Crippen molar-refractivity contribution in [1.82, 2.24) is 5.32 Å². The highest BCUT2D eigenvalue weighted by Crippen LogP contribution is 2.43. The second kappa shape index (κ2) is 5.51. The van der Waals surface area contributed by atoms with Crippen molar-refractivity contribution in [2.75, 3.05) is 6.61 Å². The van der Waals surface area contributed by atoms with Crippen molar-refractivity contribution in [3.8, 4) is 5.75 Å². The number of fused-ring (bicyclic) bond motifs is 1. The van der Waals surface area contributed by atoms with E-state index in [1.165, 1.54) is 19.3 Å². The lowest BCUT2D eigenvalue weighted by atomic mass is 10.0. The second-order valence-electron chi connectivity index (χ2n) is 5.55. The van der Waals surface area contributed by atoms with Crippen molar-refractivity contribution >= 4 is 23.2 Å². The normalized spacial score (nSPS) is 28.7. The Morgan fingerprint density at radius 2 is 2.21 bits per heavy atom. The van der Waals surface area contributed by atoms with Crippen LogP contribution in [0.15, 0.2) is 12.1 Å². The summed E-state index contributed by atoms with van der Waals surface area (Å²) >= 11 is 12.3. The third-order valence-corrected chi connectivity index (χ3v) is 4.56. The lowest BCUT2D eigenvalue weighted by molar-refractivity contribution is 0.251. The third-order valence-electron chi connectivity index (χ3n) is 4.06. The van der Waals surface area contributed by atoms with Crippen LogP contribution in [0.25, 0.3) is 0 Å². The van der Waals surface area contributed by atoms with E-state index in [4.69, 9.17) is 27.9 Å². The summed E-state index contributed by atoms with van der Waals surface area (Å²) in [6, 6.07) is 4.72. The Labute approximate surface area is 124 Å². The maximum atomic E-state index is 6.21. The Bertz CT molecular complexity index is 477. The van der Waals surface area contributed by atoms with Crippen molar-refractivity contribution < 1.29 is 4.74 Å². The van der Waals surface area contributed by atoms with E-state index < -0.39 is 0 Å². The van der Waals surface area contributed by atoms with E-state index in [1.807, 2.05) is 6.07 Å². The van der Waals surface area contributed by atoms with Gasteiger partial charge in [-0.2, -0.15) is 0 Å². The van der Waals surface area contributed by atoms with Gasteiger partial charge in [0.1, 0.15) is 5.75 Å². The van der Waals surface area contributed by atoms with Crippen LogP contribution in [0.1, 0.15) is 44.2 Å². The highest BCUT2D eigenvalue weighted by molar-refractivity contribution is 6.35. The molecule has 1 aromatic rings. The van der Waals surface area contributed by atoms with Crippen LogP contribution >= 0.6 is 23.2 Å². The molecule has 19 heavy (non-hydrogen) atoms. The van der Waals surface area contributed by atoms with Crippen LogP contribution in [0.4, 0.5) is 0 Å². The van der Waals surface area contributed by atoms with E-state index in [0.717, 1.165) is 30.3 Å². The molecule has 0 amide bonds. The molecular weight excluding hydrogens is 281 g/mol. The minimum atomic E-state index is 0.326. The van der Waals surface area contributed by atoms with E-state index >= 15 is 0 Å². The van der Waals surface area contributed by atoms with Gasteiger partial charge in [0, 0.05) is 29.1 Å². The van der Waals surface area contributed by atoms with Gasteiger partial charge in [0.15, 0.2) is 0 Å². The van der Waals surface area contributed by atoms with E-state index in [0.29, 0.717) is 22.1 Å². The average molecular weight is 300 g/mol. The zero-order valence-corrected chi connectivity index (χ0v) is 12.6. The van der Waals surface area contributed by atoms with Gasteiger partial charge >= 0.3 is 0 Å². The largest absolute Gasteiger partial charge is 0.492 e. The van der Waals surface area contributed by atoms with Gasteiger partial charge in [-0.05, 0) is 30.9 Å². The number of nitrogens with one attached hydrogen (secondary N) is 1. The molecule has 4 heteroatoms. The van der Waals surface area contributed by atoms with Crippen LogP contribution < -0.4 is 10.1 Å². The van der Waals surface area contributed by atoms with Crippen molar-refractivity contribution in [1.29, 1.82) is 0 Å². The second-order valence-corrected chi connectivity index (χ2v) is 6.40. The molecule has 0 saturated heterocycles. The molecule has 1 fully saturated rings. The molecule has 1 aromatic carbocycles. The highest BCUT2D eigenvalue weighted by atomic mass is 35.5. The molecule has 1 N–H and O–H groups in total. The summed E-state index contributed by atoms with van der Waals surface area (Å²) in [6.07, 6.45) is 4.88. The summed E-state index contributed by atoms with van der Waals surface area (Å²) in [5.41, 5.74) is 1.12. The Balaban J connectivity index is 1.75. The monoisotopic (exact) mass is 299 g/mol. The predicted octanol–water partition coefficient (Wildman–Crippen LogP) is 4.60. The molecule has 104 valence electrons. The lowest BCUT2D eigenvalue weighted by Crippen LogP contribution is -2.29. The van der Waals surface area contributed by atoms with E-state index in [2.05, 4.69) is 12.2 Å². The number of halogens is 2. The van der Waals surface area contributed by atoms with E-state index in [9.17, 15) is 0 Å². The molecule has 2 aliphatic rings. The van der Waals surface area contributed by atoms with Gasteiger partial charge in [-0.15, -0.1) is 0 Å². The number of ether oxygens (including phenoxy) is 1. The minimum Gasteiger partial charge on any atom is -0.492 e. The smallest absolute Gasteiger partial charge is 0.142 e. The van der Waals surface area contributed by atoms with E-state index in [1.54, 1.807) is 6.07 Å². The van der Waals surface area contributed by atoms with Crippen molar-refractivity contribution in [2.45, 2.75) is 44.7 Å². The van der Waals surface area contributed by atoms with Crippen LogP contribution in [-0.4, -0.2) is 12.6 Å². The van der Waals surface area contributed by atoms with Gasteiger partial charge in [0.05, 0.1) is 11.6 Å². The quantitative estimate of drug-likeness (QED) is 0.877. The molecule has 1 saturated carbocycles. The molecule has 0 bridgehead atoms. The van der Waals surface area contributed by atoms with Crippen LogP contribution in [0.3, 0.4) is 0 Å². The minimum absolute atomic E-state index is 0.326. The standard InChI is InChI=1S/C15H19Cl2NO/c1-2-3-9-6-14(9)18-13-4-5-19-15-11(13)7-10(16)8-12(15)17/h7-9,13-14,18H,2-6H2,1H3. The maximum absolute atomic E-state index is 6.21. The predicted molar refractivity (Wildman–Crippen MR) is 79.3 cm³/mol. The Kier molecular flexibility index (Phi) is 3.93. The number of benzene rings is 1. The summed E-state index contributed by atoms with van der Waals surface area (Å²) in [5.74, 6) is 1.66. The molecule has 1 aliphatic carbocycles. The molecule has 0 aromatic heterocycles. The average Bonchev–Trinajstić information content (AvgIpc) is 3.09. The zero-order chi connectivity index (χ0) is 13.4. The first-order valence-corrected chi connectivity index (χ1v) is 7.82. The number of hydrogen-bond acceptors (Lipinski definition) is 2. The Hall–Kier alpha value is -0.440. The fraction of sp³-hybridized carbons (Fsp3) is 0.600. The summed E-state index contributed by atoms with van der Waals surface area (Å²) < 4.78 is 5.69. The fourth-order valence-electron chi connectivity index (χ4n) is 3.00. The summed E-state index contributed by atoms with van der Waals surface area (Å²) in [7, 11) is 0. The Morgan fingerprint density at radius 3 is 3.00 bits per heavy atom.